The highest BCUT2D eigenvalue weighted by Crippen LogP contribution is 2.29. The molecule has 0 spiro atoms. The second-order valence-corrected chi connectivity index (χ2v) is 8.21. The van der Waals surface area contributed by atoms with E-state index in [2.05, 4.69) is 25.2 Å². The van der Waals surface area contributed by atoms with Crippen LogP contribution in [-0.4, -0.2) is 59.3 Å². The Balaban J connectivity index is 1.52. The molecule has 11 heteroatoms. The third kappa shape index (κ3) is 5.79. The highest BCUT2D eigenvalue weighted by Gasteiger charge is 2.22. The Bertz CT molecular complexity index is 1090. The lowest BCUT2D eigenvalue weighted by Crippen LogP contribution is -2.37. The Morgan fingerprint density at radius 3 is 2.61 bits per heavy atom. The summed E-state index contributed by atoms with van der Waals surface area (Å²) in [7, 11) is 0. The first-order valence-corrected chi connectivity index (χ1v) is 11.3. The lowest BCUT2D eigenvalue weighted by atomic mass is 10.2. The van der Waals surface area contributed by atoms with Gasteiger partial charge in [-0.25, -0.2) is 0 Å². The van der Waals surface area contributed by atoms with E-state index in [0.717, 1.165) is 11.3 Å². The van der Waals surface area contributed by atoms with E-state index in [0.29, 0.717) is 37.4 Å². The molecule has 0 atom stereocenters. The van der Waals surface area contributed by atoms with E-state index in [9.17, 15) is 13.6 Å². The number of morpholine rings is 1. The minimum atomic E-state index is -2.98. The van der Waals surface area contributed by atoms with Crippen LogP contribution in [0.25, 0.3) is 5.69 Å². The molecule has 2 aromatic carbocycles. The summed E-state index contributed by atoms with van der Waals surface area (Å²) in [4.78, 5) is 14.7. The molecule has 1 aliphatic rings. The Morgan fingerprint density at radius 2 is 1.88 bits per heavy atom. The Kier molecular flexibility index (Phi) is 7.40. The number of alkyl halides is 2. The molecular weight excluding hydrogens is 452 g/mol. The SMILES string of the molecule is Cc1ccc(-n2c(SCC(=O)Nc3ccccc3OC(F)F)nnc2N2CCOCC2)cc1. The number of nitrogens with zero attached hydrogens (tertiary/aromatic N) is 4. The summed E-state index contributed by atoms with van der Waals surface area (Å²) in [5, 5.41) is 11.9. The number of hydrogen-bond acceptors (Lipinski definition) is 7. The van der Waals surface area contributed by atoms with E-state index in [1.807, 2.05) is 35.8 Å². The first kappa shape index (κ1) is 23.0. The molecule has 0 saturated carbocycles. The number of rotatable bonds is 8. The highest BCUT2D eigenvalue weighted by atomic mass is 32.2. The Morgan fingerprint density at radius 1 is 1.15 bits per heavy atom. The van der Waals surface area contributed by atoms with E-state index >= 15 is 0 Å². The van der Waals surface area contributed by atoms with Gasteiger partial charge in [-0.15, -0.1) is 10.2 Å². The Labute approximate surface area is 193 Å². The number of nitrogens with one attached hydrogen (secondary N) is 1. The minimum absolute atomic E-state index is 0.0100. The van der Waals surface area contributed by atoms with E-state index in [4.69, 9.17) is 4.74 Å². The normalized spacial score (nSPS) is 13.9. The molecule has 8 nitrogen and oxygen atoms in total. The largest absolute Gasteiger partial charge is 0.433 e. The molecule has 33 heavy (non-hydrogen) atoms. The van der Waals surface area contributed by atoms with Crippen LogP contribution < -0.4 is 15.0 Å². The van der Waals surface area contributed by atoms with Crippen LogP contribution in [0.3, 0.4) is 0 Å². The van der Waals surface area contributed by atoms with Gasteiger partial charge in [-0.1, -0.05) is 41.6 Å². The standard InChI is InChI=1S/C22H23F2N5O3S/c1-15-6-8-16(9-7-15)29-21(28-10-12-31-13-11-28)26-27-22(29)33-14-19(30)25-17-4-2-3-5-18(17)32-20(23)24/h2-9,20H,10-14H2,1H3,(H,25,30). The summed E-state index contributed by atoms with van der Waals surface area (Å²) in [5.41, 5.74) is 2.18. The number of benzene rings is 2. The maximum Gasteiger partial charge on any atom is 0.387 e. The second kappa shape index (κ2) is 10.6. The van der Waals surface area contributed by atoms with Crippen LogP contribution in [0, 0.1) is 6.92 Å². The van der Waals surface area contributed by atoms with Gasteiger partial charge in [-0.3, -0.25) is 9.36 Å². The zero-order valence-corrected chi connectivity index (χ0v) is 18.7. The number of carbonyl (C=O) groups excluding carboxylic acids is 1. The number of thioether (sulfide) groups is 1. The van der Waals surface area contributed by atoms with Crippen molar-refractivity contribution in [2.24, 2.45) is 0 Å². The molecule has 1 N–H and O–H groups in total. The molecule has 0 aliphatic carbocycles. The van der Waals surface area contributed by atoms with Gasteiger partial charge in [0.05, 0.1) is 30.3 Å². The number of carbonyl (C=O) groups is 1. The molecule has 174 valence electrons. The fourth-order valence-corrected chi connectivity index (χ4v) is 4.08. The van der Waals surface area contributed by atoms with Gasteiger partial charge in [0.1, 0.15) is 5.75 Å². The summed E-state index contributed by atoms with van der Waals surface area (Å²) in [5.74, 6) is 0.219. The summed E-state index contributed by atoms with van der Waals surface area (Å²) >= 11 is 1.21. The molecule has 3 aromatic rings. The van der Waals surface area contributed by atoms with Crippen molar-refractivity contribution in [2.45, 2.75) is 18.7 Å². The number of aromatic nitrogens is 3. The zero-order valence-electron chi connectivity index (χ0n) is 17.9. The van der Waals surface area contributed by atoms with Crippen LogP contribution in [-0.2, 0) is 9.53 Å². The molecule has 1 amide bonds. The number of aryl methyl sites for hydroxylation is 1. The highest BCUT2D eigenvalue weighted by molar-refractivity contribution is 7.99. The molecule has 1 saturated heterocycles. The number of anilines is 2. The van der Waals surface area contributed by atoms with Crippen molar-refractivity contribution in [1.82, 2.24) is 14.8 Å². The van der Waals surface area contributed by atoms with Crippen LogP contribution in [0.1, 0.15) is 5.56 Å². The van der Waals surface area contributed by atoms with Crippen molar-refractivity contribution < 1.29 is 23.0 Å². The smallest absolute Gasteiger partial charge is 0.387 e. The van der Waals surface area contributed by atoms with Crippen molar-refractivity contribution in [3.63, 3.8) is 0 Å². The van der Waals surface area contributed by atoms with Crippen molar-refractivity contribution in [1.29, 1.82) is 0 Å². The summed E-state index contributed by atoms with van der Waals surface area (Å²) in [6.07, 6.45) is 0. The number of hydrogen-bond donors (Lipinski definition) is 1. The summed E-state index contributed by atoms with van der Waals surface area (Å²) in [6.45, 7) is 1.61. The average Bonchev–Trinajstić information content (AvgIpc) is 3.24. The minimum Gasteiger partial charge on any atom is -0.433 e. The average molecular weight is 476 g/mol. The van der Waals surface area contributed by atoms with Crippen LogP contribution in [0.2, 0.25) is 0 Å². The fraction of sp³-hybridized carbons (Fsp3) is 0.318. The molecule has 0 bridgehead atoms. The van der Waals surface area contributed by atoms with E-state index in [1.165, 1.54) is 23.9 Å². The first-order chi connectivity index (χ1) is 16.0. The van der Waals surface area contributed by atoms with E-state index < -0.39 is 6.61 Å². The predicted molar refractivity (Wildman–Crippen MR) is 122 cm³/mol. The van der Waals surface area contributed by atoms with E-state index in [1.54, 1.807) is 12.1 Å². The number of para-hydroxylation sites is 2. The van der Waals surface area contributed by atoms with E-state index in [-0.39, 0.29) is 23.1 Å². The first-order valence-electron chi connectivity index (χ1n) is 10.3. The van der Waals surface area contributed by atoms with Crippen molar-refractivity contribution in [2.75, 3.05) is 42.3 Å². The third-order valence-corrected chi connectivity index (χ3v) is 5.84. The van der Waals surface area contributed by atoms with Crippen LogP contribution in [0.5, 0.6) is 5.75 Å². The molecule has 1 fully saturated rings. The lowest BCUT2D eigenvalue weighted by Gasteiger charge is -2.28. The van der Waals surface area contributed by atoms with Crippen LogP contribution in [0.4, 0.5) is 20.4 Å². The molecule has 4 rings (SSSR count). The second-order valence-electron chi connectivity index (χ2n) is 7.26. The predicted octanol–water partition coefficient (Wildman–Crippen LogP) is 3.74. The van der Waals surface area contributed by atoms with Crippen molar-refractivity contribution >= 4 is 29.3 Å². The van der Waals surface area contributed by atoms with Crippen molar-refractivity contribution in [3.8, 4) is 11.4 Å². The quantitative estimate of drug-likeness (QED) is 0.497. The molecule has 1 aliphatic heterocycles. The van der Waals surface area contributed by atoms with Crippen LogP contribution >= 0.6 is 11.8 Å². The zero-order chi connectivity index (χ0) is 23.2. The Hall–Kier alpha value is -3.18. The maximum atomic E-state index is 12.6. The van der Waals surface area contributed by atoms with Gasteiger partial charge in [-0.05, 0) is 31.2 Å². The number of ether oxygens (including phenoxy) is 2. The lowest BCUT2D eigenvalue weighted by molar-refractivity contribution is -0.113. The summed E-state index contributed by atoms with van der Waals surface area (Å²) < 4.78 is 37.1. The van der Waals surface area contributed by atoms with Gasteiger partial charge in [-0.2, -0.15) is 8.78 Å². The summed E-state index contributed by atoms with van der Waals surface area (Å²) in [6, 6.07) is 14.0. The monoisotopic (exact) mass is 475 g/mol. The van der Waals surface area contributed by atoms with Gasteiger partial charge in [0.2, 0.25) is 11.9 Å². The number of halogens is 2. The molecule has 1 aromatic heterocycles. The fourth-order valence-electron chi connectivity index (χ4n) is 3.33. The molecule has 0 radical (unpaired) electrons. The molecule has 2 heterocycles. The van der Waals surface area contributed by atoms with Crippen LogP contribution in [0.15, 0.2) is 53.7 Å². The van der Waals surface area contributed by atoms with Gasteiger partial charge in [0, 0.05) is 13.1 Å². The van der Waals surface area contributed by atoms with Crippen molar-refractivity contribution in [3.05, 3.63) is 54.1 Å². The van der Waals surface area contributed by atoms with Gasteiger partial charge in [0.15, 0.2) is 5.16 Å². The topological polar surface area (TPSA) is 81.5 Å². The third-order valence-electron chi connectivity index (χ3n) is 4.91. The van der Waals surface area contributed by atoms with Gasteiger partial charge < -0.3 is 19.7 Å². The number of amides is 1. The molecular formula is C22H23F2N5O3S. The molecule has 0 unspecified atom stereocenters. The van der Waals surface area contributed by atoms with Gasteiger partial charge in [0.25, 0.3) is 0 Å². The van der Waals surface area contributed by atoms with Gasteiger partial charge >= 0.3 is 6.61 Å². The maximum absolute atomic E-state index is 12.6.